The van der Waals surface area contributed by atoms with Crippen molar-refractivity contribution in [3.05, 3.63) is 82.0 Å². The van der Waals surface area contributed by atoms with Crippen LogP contribution in [0.15, 0.2) is 53.5 Å². The van der Waals surface area contributed by atoms with Crippen LogP contribution in [-0.2, 0) is 0 Å². The van der Waals surface area contributed by atoms with Gasteiger partial charge in [0.25, 0.3) is 0 Å². The number of rotatable bonds is 3. The monoisotopic (exact) mass is 328 g/mol. The van der Waals surface area contributed by atoms with Gasteiger partial charge in [-0.05, 0) is 70.0 Å². The van der Waals surface area contributed by atoms with Crippen molar-refractivity contribution < 1.29 is 0 Å². The average molecular weight is 328 g/mol. The van der Waals surface area contributed by atoms with Crippen LogP contribution in [0, 0.1) is 34.6 Å². The van der Waals surface area contributed by atoms with Gasteiger partial charge in [0, 0.05) is 5.56 Å². The van der Waals surface area contributed by atoms with E-state index < -0.39 is 0 Å². The molecule has 0 atom stereocenters. The maximum atomic E-state index is 4.77. The second-order valence-electron chi connectivity index (χ2n) is 6.83. The Morgan fingerprint density at radius 2 is 1.36 bits per heavy atom. The number of hydrogen-bond donors (Lipinski definition) is 0. The van der Waals surface area contributed by atoms with Crippen molar-refractivity contribution in [1.82, 2.24) is 4.98 Å². The lowest BCUT2D eigenvalue weighted by molar-refractivity contribution is 1.27. The van der Waals surface area contributed by atoms with Crippen LogP contribution >= 0.6 is 0 Å². The third kappa shape index (κ3) is 4.03. The number of aromatic nitrogens is 1. The van der Waals surface area contributed by atoms with E-state index in [9.17, 15) is 0 Å². The number of nitrogens with zero attached hydrogens (tertiary/aromatic N) is 2. The molecule has 0 bridgehead atoms. The summed E-state index contributed by atoms with van der Waals surface area (Å²) in [6.07, 6.45) is 1.86. The molecule has 0 spiro atoms. The van der Waals surface area contributed by atoms with Gasteiger partial charge in [0.1, 0.15) is 0 Å². The molecule has 0 saturated heterocycles. The van der Waals surface area contributed by atoms with Crippen LogP contribution in [0.4, 0.5) is 5.69 Å². The molecule has 2 nitrogen and oxygen atoms in total. The highest BCUT2D eigenvalue weighted by Gasteiger charge is 2.04. The summed E-state index contributed by atoms with van der Waals surface area (Å²) in [6.45, 7) is 10.6. The van der Waals surface area contributed by atoms with E-state index in [1.54, 1.807) is 0 Å². The van der Waals surface area contributed by atoms with Crippen LogP contribution in [0.1, 0.15) is 33.5 Å². The largest absolute Gasteiger partial charge is 0.254 e. The summed E-state index contributed by atoms with van der Waals surface area (Å²) >= 11 is 0. The van der Waals surface area contributed by atoms with Gasteiger partial charge in [0.05, 0.1) is 23.3 Å². The van der Waals surface area contributed by atoms with Gasteiger partial charge in [-0.2, -0.15) is 0 Å². The van der Waals surface area contributed by atoms with E-state index in [1.807, 2.05) is 24.4 Å². The third-order valence-corrected chi connectivity index (χ3v) is 4.25. The molecule has 0 N–H and O–H groups in total. The van der Waals surface area contributed by atoms with Crippen LogP contribution in [0.3, 0.4) is 0 Å². The molecule has 126 valence electrons. The molecule has 2 heteroatoms. The highest BCUT2D eigenvalue weighted by Crippen LogP contribution is 2.25. The minimum atomic E-state index is 0.871. The first kappa shape index (κ1) is 17.1. The van der Waals surface area contributed by atoms with Gasteiger partial charge in [0.2, 0.25) is 0 Å². The fraction of sp³-hybridized carbons (Fsp3) is 0.217. The Balaban J connectivity index is 1.95. The van der Waals surface area contributed by atoms with E-state index in [-0.39, 0.29) is 0 Å². The molecule has 25 heavy (non-hydrogen) atoms. The summed E-state index contributed by atoms with van der Waals surface area (Å²) in [5.74, 6) is 0. The van der Waals surface area contributed by atoms with Crippen molar-refractivity contribution in [2.24, 2.45) is 4.99 Å². The average Bonchev–Trinajstić information content (AvgIpc) is 2.53. The minimum Gasteiger partial charge on any atom is -0.254 e. The Bertz CT molecular complexity index is 909. The summed E-state index contributed by atoms with van der Waals surface area (Å²) in [4.78, 5) is 9.47. The van der Waals surface area contributed by atoms with E-state index >= 15 is 0 Å². The van der Waals surface area contributed by atoms with Crippen LogP contribution in [0.2, 0.25) is 0 Å². The number of hydrogen-bond acceptors (Lipinski definition) is 2. The quantitative estimate of drug-likeness (QED) is 0.538. The normalized spacial score (nSPS) is 11.2. The predicted octanol–water partition coefficient (Wildman–Crippen LogP) is 6.04. The van der Waals surface area contributed by atoms with Gasteiger partial charge in [-0.1, -0.05) is 41.0 Å². The Hall–Kier alpha value is -2.74. The summed E-state index contributed by atoms with van der Waals surface area (Å²) in [6, 6.07) is 16.9. The lowest BCUT2D eigenvalue weighted by Gasteiger charge is -2.07. The van der Waals surface area contributed by atoms with Gasteiger partial charge < -0.3 is 0 Å². The predicted molar refractivity (Wildman–Crippen MR) is 107 cm³/mol. The van der Waals surface area contributed by atoms with Gasteiger partial charge in [-0.3, -0.25) is 4.99 Å². The zero-order valence-electron chi connectivity index (χ0n) is 15.6. The standard InChI is InChI=1S/C23H24N2/c1-15-9-16(2)13-20(12-15)22-8-6-7-21(25-22)14-24-23-18(4)10-17(3)11-19(23)5/h6-14H,1-5H3. The first-order valence-electron chi connectivity index (χ1n) is 8.60. The molecule has 0 aliphatic carbocycles. The van der Waals surface area contributed by atoms with Crippen LogP contribution in [-0.4, -0.2) is 11.2 Å². The fourth-order valence-electron chi connectivity index (χ4n) is 3.31. The van der Waals surface area contributed by atoms with E-state index in [1.165, 1.54) is 27.8 Å². The Morgan fingerprint density at radius 1 is 0.760 bits per heavy atom. The highest BCUT2D eigenvalue weighted by atomic mass is 14.8. The van der Waals surface area contributed by atoms with Crippen molar-refractivity contribution in [2.45, 2.75) is 34.6 Å². The smallest absolute Gasteiger partial charge is 0.0820 e. The summed E-state index contributed by atoms with van der Waals surface area (Å²) in [5.41, 5.74) is 10.2. The number of benzene rings is 2. The second-order valence-corrected chi connectivity index (χ2v) is 6.83. The van der Waals surface area contributed by atoms with Crippen molar-refractivity contribution in [2.75, 3.05) is 0 Å². The molecule has 0 aliphatic rings. The molecular weight excluding hydrogens is 304 g/mol. The van der Waals surface area contributed by atoms with Crippen LogP contribution in [0.5, 0.6) is 0 Å². The Kier molecular flexibility index (Phi) is 4.80. The van der Waals surface area contributed by atoms with Crippen molar-refractivity contribution in [3.63, 3.8) is 0 Å². The number of pyridine rings is 1. The maximum absolute atomic E-state index is 4.77. The molecule has 3 aromatic rings. The Morgan fingerprint density at radius 3 is 2.00 bits per heavy atom. The van der Waals surface area contributed by atoms with E-state index in [0.29, 0.717) is 0 Å². The molecule has 1 aromatic heterocycles. The van der Waals surface area contributed by atoms with Gasteiger partial charge in [-0.25, -0.2) is 4.98 Å². The van der Waals surface area contributed by atoms with E-state index in [0.717, 1.165) is 22.6 Å². The topological polar surface area (TPSA) is 25.2 Å². The molecule has 1 heterocycles. The first-order valence-corrected chi connectivity index (χ1v) is 8.60. The molecule has 3 rings (SSSR count). The first-order chi connectivity index (χ1) is 11.9. The molecule has 0 fully saturated rings. The van der Waals surface area contributed by atoms with Gasteiger partial charge in [-0.15, -0.1) is 0 Å². The summed E-state index contributed by atoms with van der Waals surface area (Å²) in [5, 5.41) is 0. The number of aryl methyl sites for hydroxylation is 5. The summed E-state index contributed by atoms with van der Waals surface area (Å²) < 4.78 is 0. The lowest BCUT2D eigenvalue weighted by Crippen LogP contribution is -1.92. The Labute approximate surface area is 150 Å². The summed E-state index contributed by atoms with van der Waals surface area (Å²) in [7, 11) is 0. The van der Waals surface area contributed by atoms with Gasteiger partial charge in [0.15, 0.2) is 0 Å². The van der Waals surface area contributed by atoms with E-state index in [4.69, 9.17) is 9.98 Å². The molecule has 0 saturated carbocycles. The molecule has 0 unspecified atom stereocenters. The van der Waals surface area contributed by atoms with Crippen molar-refractivity contribution in [1.29, 1.82) is 0 Å². The van der Waals surface area contributed by atoms with Gasteiger partial charge >= 0.3 is 0 Å². The maximum Gasteiger partial charge on any atom is 0.0820 e. The van der Waals surface area contributed by atoms with Crippen LogP contribution < -0.4 is 0 Å². The minimum absolute atomic E-state index is 0.871. The molecule has 2 aromatic carbocycles. The zero-order valence-corrected chi connectivity index (χ0v) is 15.6. The van der Waals surface area contributed by atoms with Crippen molar-refractivity contribution >= 4 is 11.9 Å². The zero-order chi connectivity index (χ0) is 18.0. The third-order valence-electron chi connectivity index (χ3n) is 4.25. The van der Waals surface area contributed by atoms with Crippen molar-refractivity contribution in [3.8, 4) is 11.3 Å². The van der Waals surface area contributed by atoms with Crippen LogP contribution in [0.25, 0.3) is 11.3 Å². The molecular formula is C23H24N2. The fourth-order valence-corrected chi connectivity index (χ4v) is 3.31. The number of aliphatic imine (C=N–C) groups is 1. The molecule has 0 aliphatic heterocycles. The second kappa shape index (κ2) is 7.02. The molecule has 0 radical (unpaired) electrons. The highest BCUT2D eigenvalue weighted by molar-refractivity contribution is 5.81. The van der Waals surface area contributed by atoms with E-state index in [2.05, 4.69) is 65.0 Å². The SMILES string of the molecule is Cc1cc(C)cc(-c2cccc(C=Nc3c(C)cc(C)cc3C)n2)c1. The molecule has 0 amide bonds. The lowest BCUT2D eigenvalue weighted by atomic mass is 10.0.